The van der Waals surface area contributed by atoms with Crippen LogP contribution >= 0.6 is 15.9 Å². The van der Waals surface area contributed by atoms with Gasteiger partial charge in [-0.05, 0) is 41.4 Å². The number of para-hydroxylation sites is 1. The standard InChI is InChI=1S/C10H12BrNO/c11-8-4-1-3-7(10(8)13)9-5-2-6-12-9/h1,3-4,9,12-13H,2,5-6H2/t9-/m1/s1. The Kier molecular flexibility index (Phi) is 2.56. The lowest BCUT2D eigenvalue weighted by atomic mass is 10.0. The van der Waals surface area contributed by atoms with Crippen LogP contribution in [0.3, 0.4) is 0 Å². The zero-order chi connectivity index (χ0) is 9.26. The van der Waals surface area contributed by atoms with E-state index in [0.717, 1.165) is 23.0 Å². The van der Waals surface area contributed by atoms with Crippen molar-refractivity contribution in [1.82, 2.24) is 5.32 Å². The first-order valence-electron chi connectivity index (χ1n) is 4.50. The maximum Gasteiger partial charge on any atom is 0.134 e. The highest BCUT2D eigenvalue weighted by Gasteiger charge is 2.19. The van der Waals surface area contributed by atoms with Crippen molar-refractivity contribution in [3.8, 4) is 5.75 Å². The minimum Gasteiger partial charge on any atom is -0.506 e. The molecule has 70 valence electrons. The fourth-order valence-electron chi connectivity index (χ4n) is 1.76. The Morgan fingerprint density at radius 2 is 2.31 bits per heavy atom. The fourth-order valence-corrected chi connectivity index (χ4v) is 2.14. The molecule has 0 bridgehead atoms. The van der Waals surface area contributed by atoms with Gasteiger partial charge in [0.2, 0.25) is 0 Å². The summed E-state index contributed by atoms with van der Waals surface area (Å²) in [5, 5.41) is 13.1. The van der Waals surface area contributed by atoms with Gasteiger partial charge in [-0.2, -0.15) is 0 Å². The molecular formula is C10H12BrNO. The summed E-state index contributed by atoms with van der Waals surface area (Å²) in [4.78, 5) is 0. The van der Waals surface area contributed by atoms with Crippen LogP contribution in [-0.4, -0.2) is 11.7 Å². The number of phenols is 1. The topological polar surface area (TPSA) is 32.3 Å². The minimum absolute atomic E-state index is 0.331. The monoisotopic (exact) mass is 241 g/mol. The Balaban J connectivity index is 2.33. The maximum atomic E-state index is 9.77. The van der Waals surface area contributed by atoms with Crippen LogP contribution in [-0.2, 0) is 0 Å². The van der Waals surface area contributed by atoms with Gasteiger partial charge in [0.25, 0.3) is 0 Å². The number of benzene rings is 1. The molecule has 1 aliphatic rings. The quantitative estimate of drug-likeness (QED) is 0.793. The average molecular weight is 242 g/mol. The van der Waals surface area contributed by atoms with E-state index in [1.165, 1.54) is 6.42 Å². The van der Waals surface area contributed by atoms with Crippen molar-refractivity contribution in [2.24, 2.45) is 0 Å². The molecule has 0 radical (unpaired) electrons. The van der Waals surface area contributed by atoms with Crippen LogP contribution in [0.1, 0.15) is 24.4 Å². The second-order valence-corrected chi connectivity index (χ2v) is 4.18. The van der Waals surface area contributed by atoms with Gasteiger partial charge in [0.15, 0.2) is 0 Å². The second kappa shape index (κ2) is 3.68. The summed E-state index contributed by atoms with van der Waals surface area (Å²) in [6.07, 6.45) is 2.31. The van der Waals surface area contributed by atoms with E-state index in [4.69, 9.17) is 0 Å². The Morgan fingerprint density at radius 3 is 3.00 bits per heavy atom. The summed E-state index contributed by atoms with van der Waals surface area (Å²) in [6, 6.07) is 6.12. The zero-order valence-corrected chi connectivity index (χ0v) is 8.84. The first kappa shape index (κ1) is 9.03. The lowest BCUT2D eigenvalue weighted by molar-refractivity contribution is 0.453. The molecule has 13 heavy (non-hydrogen) atoms. The van der Waals surface area contributed by atoms with Gasteiger partial charge < -0.3 is 10.4 Å². The summed E-state index contributed by atoms with van der Waals surface area (Å²) in [6.45, 7) is 1.05. The largest absolute Gasteiger partial charge is 0.506 e. The van der Waals surface area contributed by atoms with E-state index < -0.39 is 0 Å². The normalized spacial score (nSPS) is 22.1. The molecule has 2 N–H and O–H groups in total. The smallest absolute Gasteiger partial charge is 0.134 e. The molecule has 1 aromatic rings. The Hall–Kier alpha value is -0.540. The lowest BCUT2D eigenvalue weighted by Gasteiger charge is -2.12. The van der Waals surface area contributed by atoms with E-state index in [9.17, 15) is 5.11 Å². The summed E-state index contributed by atoms with van der Waals surface area (Å²) < 4.78 is 0.777. The van der Waals surface area contributed by atoms with Crippen molar-refractivity contribution in [2.75, 3.05) is 6.54 Å². The minimum atomic E-state index is 0.331. The molecule has 0 aliphatic carbocycles. The number of nitrogens with one attached hydrogen (secondary N) is 1. The molecule has 0 unspecified atom stereocenters. The average Bonchev–Trinajstić information content (AvgIpc) is 2.62. The van der Waals surface area contributed by atoms with Crippen molar-refractivity contribution in [3.63, 3.8) is 0 Å². The van der Waals surface area contributed by atoms with Crippen LogP contribution < -0.4 is 5.32 Å². The molecule has 1 fully saturated rings. The van der Waals surface area contributed by atoms with Crippen LogP contribution in [0.2, 0.25) is 0 Å². The molecule has 1 aliphatic heterocycles. The molecule has 1 heterocycles. The van der Waals surface area contributed by atoms with E-state index in [1.807, 2.05) is 18.2 Å². The number of rotatable bonds is 1. The third-order valence-electron chi connectivity index (χ3n) is 2.45. The molecule has 2 rings (SSSR count). The van der Waals surface area contributed by atoms with Crippen molar-refractivity contribution < 1.29 is 5.11 Å². The third kappa shape index (κ3) is 1.71. The SMILES string of the molecule is Oc1c(Br)cccc1[C@H]1CCCN1. The van der Waals surface area contributed by atoms with Gasteiger partial charge >= 0.3 is 0 Å². The third-order valence-corrected chi connectivity index (χ3v) is 3.09. The highest BCUT2D eigenvalue weighted by atomic mass is 79.9. The van der Waals surface area contributed by atoms with E-state index in [2.05, 4.69) is 21.2 Å². The highest BCUT2D eigenvalue weighted by Crippen LogP contribution is 2.34. The van der Waals surface area contributed by atoms with Crippen LogP contribution in [0.4, 0.5) is 0 Å². The summed E-state index contributed by atoms with van der Waals surface area (Å²) in [5.41, 5.74) is 1.01. The molecule has 0 amide bonds. The van der Waals surface area contributed by atoms with Gasteiger partial charge in [0, 0.05) is 11.6 Å². The summed E-state index contributed by atoms with van der Waals surface area (Å²) in [5.74, 6) is 0.377. The number of halogens is 1. The molecule has 0 aromatic heterocycles. The fraction of sp³-hybridized carbons (Fsp3) is 0.400. The van der Waals surface area contributed by atoms with E-state index in [-0.39, 0.29) is 0 Å². The maximum absolute atomic E-state index is 9.77. The highest BCUT2D eigenvalue weighted by molar-refractivity contribution is 9.10. The first-order chi connectivity index (χ1) is 6.29. The number of hydrogen-bond acceptors (Lipinski definition) is 2. The van der Waals surface area contributed by atoms with Gasteiger partial charge in [-0.25, -0.2) is 0 Å². The number of phenolic OH excluding ortho intramolecular Hbond substituents is 1. The number of hydrogen-bond donors (Lipinski definition) is 2. The molecule has 0 saturated carbocycles. The predicted molar refractivity (Wildman–Crippen MR) is 55.8 cm³/mol. The zero-order valence-electron chi connectivity index (χ0n) is 7.26. The summed E-state index contributed by atoms with van der Waals surface area (Å²) >= 11 is 3.32. The molecular weight excluding hydrogens is 230 g/mol. The van der Waals surface area contributed by atoms with Gasteiger partial charge in [0.05, 0.1) is 4.47 Å². The van der Waals surface area contributed by atoms with Crippen molar-refractivity contribution in [3.05, 3.63) is 28.2 Å². The van der Waals surface area contributed by atoms with Crippen LogP contribution in [0, 0.1) is 0 Å². The van der Waals surface area contributed by atoms with Crippen LogP contribution in [0.25, 0.3) is 0 Å². The molecule has 0 spiro atoms. The molecule has 2 nitrogen and oxygen atoms in total. The summed E-state index contributed by atoms with van der Waals surface area (Å²) in [7, 11) is 0. The van der Waals surface area contributed by atoms with Gasteiger partial charge in [0.1, 0.15) is 5.75 Å². The molecule has 1 aromatic carbocycles. The number of aromatic hydroxyl groups is 1. The Bertz CT molecular complexity index is 308. The predicted octanol–water partition coefficient (Wildman–Crippen LogP) is 2.58. The van der Waals surface area contributed by atoms with E-state index in [0.29, 0.717) is 11.8 Å². The van der Waals surface area contributed by atoms with Gasteiger partial charge in [-0.1, -0.05) is 12.1 Å². The van der Waals surface area contributed by atoms with Crippen LogP contribution in [0.15, 0.2) is 22.7 Å². The first-order valence-corrected chi connectivity index (χ1v) is 5.29. The van der Waals surface area contributed by atoms with Crippen molar-refractivity contribution >= 4 is 15.9 Å². The Labute approximate surface area is 86.1 Å². The van der Waals surface area contributed by atoms with Gasteiger partial charge in [-0.3, -0.25) is 0 Å². The van der Waals surface area contributed by atoms with E-state index in [1.54, 1.807) is 0 Å². The Morgan fingerprint density at radius 1 is 1.46 bits per heavy atom. The molecule has 1 atom stereocenters. The molecule has 3 heteroatoms. The second-order valence-electron chi connectivity index (χ2n) is 3.33. The lowest BCUT2D eigenvalue weighted by Crippen LogP contribution is -2.12. The molecule has 1 saturated heterocycles. The van der Waals surface area contributed by atoms with Crippen LogP contribution in [0.5, 0.6) is 5.75 Å². The van der Waals surface area contributed by atoms with Gasteiger partial charge in [-0.15, -0.1) is 0 Å². The van der Waals surface area contributed by atoms with Crippen molar-refractivity contribution in [1.29, 1.82) is 0 Å². The van der Waals surface area contributed by atoms with Crippen molar-refractivity contribution in [2.45, 2.75) is 18.9 Å². The van der Waals surface area contributed by atoms with E-state index >= 15 is 0 Å².